The van der Waals surface area contributed by atoms with Crippen LogP contribution in [0.3, 0.4) is 0 Å². The van der Waals surface area contributed by atoms with Crippen LogP contribution in [0.15, 0.2) is 24.3 Å². The molecule has 0 amide bonds. The molecule has 1 aromatic carbocycles. The van der Waals surface area contributed by atoms with Gasteiger partial charge in [-0.05, 0) is 63.5 Å². The second-order valence-corrected chi connectivity index (χ2v) is 5.60. The van der Waals surface area contributed by atoms with Gasteiger partial charge in [0.15, 0.2) is 0 Å². The summed E-state index contributed by atoms with van der Waals surface area (Å²) in [4.78, 5) is 4.68. The van der Waals surface area contributed by atoms with Gasteiger partial charge in [-0.3, -0.25) is 4.98 Å². The van der Waals surface area contributed by atoms with Gasteiger partial charge in [0.1, 0.15) is 0 Å². The average Bonchev–Trinajstić information content (AvgIpc) is 2.50. The zero-order chi connectivity index (χ0) is 15.1. The van der Waals surface area contributed by atoms with Crippen LogP contribution in [0.25, 0.3) is 10.9 Å². The molecule has 0 saturated carbocycles. The van der Waals surface area contributed by atoms with Crippen LogP contribution in [0.4, 0.5) is 0 Å². The van der Waals surface area contributed by atoms with E-state index in [9.17, 15) is 0 Å². The number of fused-ring (bicyclic) bond motifs is 1. The van der Waals surface area contributed by atoms with Crippen LogP contribution < -0.4 is 10.6 Å². The van der Waals surface area contributed by atoms with Gasteiger partial charge in [-0.1, -0.05) is 25.1 Å². The fourth-order valence-electron chi connectivity index (χ4n) is 2.59. The molecule has 0 spiro atoms. The minimum atomic E-state index is 0.920. The van der Waals surface area contributed by atoms with Crippen molar-refractivity contribution in [3.63, 3.8) is 0 Å². The summed E-state index contributed by atoms with van der Waals surface area (Å²) in [5, 5.41) is 8.28. The van der Waals surface area contributed by atoms with E-state index in [0.717, 1.165) is 37.4 Å². The molecule has 0 aliphatic rings. The molecule has 2 N–H and O–H groups in total. The van der Waals surface area contributed by atoms with Gasteiger partial charge in [0.2, 0.25) is 0 Å². The van der Waals surface area contributed by atoms with Gasteiger partial charge >= 0.3 is 0 Å². The highest BCUT2D eigenvalue weighted by Gasteiger charge is 2.08. The van der Waals surface area contributed by atoms with E-state index in [2.05, 4.69) is 60.7 Å². The Bertz CT molecular complexity index is 578. The quantitative estimate of drug-likeness (QED) is 0.731. The molecule has 21 heavy (non-hydrogen) atoms. The van der Waals surface area contributed by atoms with Gasteiger partial charge in [0.25, 0.3) is 0 Å². The van der Waals surface area contributed by atoms with Gasteiger partial charge in [-0.25, -0.2) is 0 Å². The number of nitrogens with zero attached hydrogens (tertiary/aromatic N) is 1. The lowest BCUT2D eigenvalue weighted by atomic mass is 10.0. The number of nitrogens with one attached hydrogen (secondary N) is 2. The summed E-state index contributed by atoms with van der Waals surface area (Å²) in [6, 6.07) is 8.42. The molecule has 0 fully saturated rings. The molecule has 0 unspecified atom stereocenters. The predicted molar refractivity (Wildman–Crippen MR) is 90.7 cm³/mol. The third-order valence-corrected chi connectivity index (χ3v) is 3.95. The maximum atomic E-state index is 4.68. The second kappa shape index (κ2) is 8.11. The van der Waals surface area contributed by atoms with Gasteiger partial charge < -0.3 is 10.6 Å². The Balaban J connectivity index is 1.96. The van der Waals surface area contributed by atoms with Crippen LogP contribution in [0.2, 0.25) is 0 Å². The average molecular weight is 285 g/mol. The predicted octanol–water partition coefficient (Wildman–Crippen LogP) is 3.33. The highest BCUT2D eigenvalue weighted by molar-refractivity contribution is 5.83. The fraction of sp³-hybridized carbons (Fsp3) is 0.500. The van der Waals surface area contributed by atoms with E-state index < -0.39 is 0 Å². The molecule has 1 heterocycles. The maximum Gasteiger partial charge on any atom is 0.0708 e. The molecule has 1 aromatic heterocycles. The van der Waals surface area contributed by atoms with E-state index >= 15 is 0 Å². The molecule has 0 aliphatic carbocycles. The smallest absolute Gasteiger partial charge is 0.0708 e. The van der Waals surface area contributed by atoms with E-state index in [4.69, 9.17) is 0 Å². The zero-order valence-electron chi connectivity index (χ0n) is 13.5. The monoisotopic (exact) mass is 285 g/mol. The minimum absolute atomic E-state index is 0.920. The van der Waals surface area contributed by atoms with Crippen molar-refractivity contribution in [2.75, 3.05) is 19.6 Å². The van der Waals surface area contributed by atoms with Crippen LogP contribution in [0.1, 0.15) is 36.6 Å². The van der Waals surface area contributed by atoms with Crippen LogP contribution in [0, 0.1) is 13.8 Å². The summed E-state index contributed by atoms with van der Waals surface area (Å²) >= 11 is 0. The SMILES string of the molecule is CCCNCCCNCc1c(C)c(C)nc2ccccc12. The number of aromatic nitrogens is 1. The van der Waals surface area contributed by atoms with E-state index in [1.165, 1.54) is 29.4 Å². The first kappa shape index (κ1) is 15.9. The van der Waals surface area contributed by atoms with Crippen LogP contribution >= 0.6 is 0 Å². The topological polar surface area (TPSA) is 37.0 Å². The number of hydrogen-bond donors (Lipinski definition) is 2. The first-order valence-corrected chi connectivity index (χ1v) is 8.00. The first-order valence-electron chi connectivity index (χ1n) is 8.00. The Kier molecular flexibility index (Phi) is 6.15. The van der Waals surface area contributed by atoms with Gasteiger partial charge in [0.05, 0.1) is 5.52 Å². The largest absolute Gasteiger partial charge is 0.317 e. The summed E-state index contributed by atoms with van der Waals surface area (Å²) in [7, 11) is 0. The first-order chi connectivity index (χ1) is 10.2. The normalized spacial score (nSPS) is 11.2. The summed E-state index contributed by atoms with van der Waals surface area (Å²) in [5.41, 5.74) is 4.93. The van der Waals surface area contributed by atoms with E-state index in [1.54, 1.807) is 0 Å². The van der Waals surface area contributed by atoms with Gasteiger partial charge in [-0.15, -0.1) is 0 Å². The molecule has 0 bridgehead atoms. The van der Waals surface area contributed by atoms with Crippen molar-refractivity contribution in [1.82, 2.24) is 15.6 Å². The zero-order valence-corrected chi connectivity index (χ0v) is 13.5. The third kappa shape index (κ3) is 4.26. The van der Waals surface area contributed by atoms with Gasteiger partial charge in [-0.2, -0.15) is 0 Å². The lowest BCUT2D eigenvalue weighted by Gasteiger charge is -2.13. The molecule has 2 rings (SSSR count). The Morgan fingerprint density at radius 1 is 1.00 bits per heavy atom. The van der Waals surface area contributed by atoms with Crippen molar-refractivity contribution >= 4 is 10.9 Å². The number of aryl methyl sites for hydroxylation is 1. The van der Waals surface area contributed by atoms with Crippen molar-refractivity contribution < 1.29 is 0 Å². The van der Waals surface area contributed by atoms with Crippen molar-refractivity contribution in [3.05, 3.63) is 41.1 Å². The lowest BCUT2D eigenvalue weighted by Crippen LogP contribution is -2.22. The number of rotatable bonds is 8. The molecular formula is C18H27N3. The van der Waals surface area contributed by atoms with Gasteiger partial charge in [0, 0.05) is 17.6 Å². The third-order valence-electron chi connectivity index (χ3n) is 3.95. The summed E-state index contributed by atoms with van der Waals surface area (Å²) in [6.07, 6.45) is 2.37. The maximum absolute atomic E-state index is 4.68. The van der Waals surface area contributed by atoms with Crippen molar-refractivity contribution in [3.8, 4) is 0 Å². The molecule has 0 atom stereocenters. The summed E-state index contributed by atoms with van der Waals surface area (Å²) in [5.74, 6) is 0. The Labute approximate surface area is 128 Å². The van der Waals surface area contributed by atoms with Crippen molar-refractivity contribution in [2.45, 2.75) is 40.2 Å². The number of para-hydroxylation sites is 1. The van der Waals surface area contributed by atoms with Crippen LogP contribution in [0.5, 0.6) is 0 Å². The number of pyridine rings is 1. The van der Waals surface area contributed by atoms with Crippen molar-refractivity contribution in [2.24, 2.45) is 0 Å². The fourth-order valence-corrected chi connectivity index (χ4v) is 2.59. The molecule has 0 radical (unpaired) electrons. The Morgan fingerprint density at radius 3 is 2.57 bits per heavy atom. The number of hydrogen-bond acceptors (Lipinski definition) is 3. The molecule has 114 valence electrons. The van der Waals surface area contributed by atoms with Crippen molar-refractivity contribution in [1.29, 1.82) is 0 Å². The minimum Gasteiger partial charge on any atom is -0.317 e. The highest BCUT2D eigenvalue weighted by Crippen LogP contribution is 2.22. The molecule has 0 aliphatic heterocycles. The lowest BCUT2D eigenvalue weighted by molar-refractivity contribution is 0.592. The molecule has 3 nitrogen and oxygen atoms in total. The summed E-state index contributed by atoms with van der Waals surface area (Å²) < 4.78 is 0. The summed E-state index contributed by atoms with van der Waals surface area (Å²) in [6.45, 7) is 10.7. The highest BCUT2D eigenvalue weighted by atomic mass is 14.9. The van der Waals surface area contributed by atoms with E-state index in [-0.39, 0.29) is 0 Å². The molecule has 0 saturated heterocycles. The van der Waals surface area contributed by atoms with E-state index in [0.29, 0.717) is 0 Å². The van der Waals surface area contributed by atoms with E-state index in [1.807, 2.05) is 0 Å². The molecule has 3 heteroatoms. The second-order valence-electron chi connectivity index (χ2n) is 5.60. The van der Waals surface area contributed by atoms with Crippen LogP contribution in [-0.2, 0) is 6.54 Å². The Morgan fingerprint density at radius 2 is 1.76 bits per heavy atom. The molecular weight excluding hydrogens is 258 g/mol. The standard InChI is InChI=1S/C18H27N3/c1-4-10-19-11-7-12-20-13-17-14(2)15(3)21-18-9-6-5-8-16(17)18/h5-6,8-9,19-20H,4,7,10-13H2,1-3H3. The molecule has 2 aromatic rings. The number of benzene rings is 1. The van der Waals surface area contributed by atoms with Crippen LogP contribution in [-0.4, -0.2) is 24.6 Å². The Hall–Kier alpha value is -1.45.